The van der Waals surface area contributed by atoms with Crippen LogP contribution in [0.5, 0.6) is 0 Å². The Labute approximate surface area is 156 Å². The molecule has 7 heteroatoms. The van der Waals surface area contributed by atoms with E-state index in [9.17, 15) is 14.4 Å². The molecule has 0 aromatic carbocycles. The Bertz CT molecular complexity index is 831. The summed E-state index contributed by atoms with van der Waals surface area (Å²) in [5, 5.41) is 8.53. The van der Waals surface area contributed by atoms with Crippen LogP contribution in [0.4, 0.5) is 0 Å². The Morgan fingerprint density at radius 2 is 2.00 bits per heavy atom. The van der Waals surface area contributed by atoms with Crippen molar-refractivity contribution in [1.29, 1.82) is 0 Å². The molecule has 1 fully saturated rings. The van der Waals surface area contributed by atoms with Crippen molar-refractivity contribution in [3.05, 3.63) is 16.6 Å². The molecule has 1 saturated carbocycles. The maximum atomic E-state index is 12.4. The lowest BCUT2D eigenvalue weighted by atomic mass is 9.96. The minimum atomic E-state index is -0.170. The first-order valence-electron chi connectivity index (χ1n) is 9.23. The average molecular weight is 375 g/mol. The zero-order chi connectivity index (χ0) is 18.7. The van der Waals surface area contributed by atoms with Crippen LogP contribution in [-0.4, -0.2) is 33.8 Å². The van der Waals surface area contributed by atoms with Crippen molar-refractivity contribution < 1.29 is 14.4 Å². The van der Waals surface area contributed by atoms with Crippen LogP contribution < -0.4 is 5.32 Å². The van der Waals surface area contributed by atoms with Gasteiger partial charge in [-0.2, -0.15) is 5.10 Å². The highest BCUT2D eigenvalue weighted by Gasteiger charge is 2.22. The van der Waals surface area contributed by atoms with Crippen LogP contribution in [0.3, 0.4) is 0 Å². The molecule has 140 valence electrons. The number of fused-ring (bicyclic) bond motifs is 1. The van der Waals surface area contributed by atoms with Crippen molar-refractivity contribution in [3.63, 3.8) is 0 Å². The molecule has 3 rings (SSSR count). The number of aromatic nitrogens is 2. The van der Waals surface area contributed by atoms with Gasteiger partial charge in [0, 0.05) is 18.4 Å². The summed E-state index contributed by atoms with van der Waals surface area (Å²) in [6, 6.07) is 2.33. The Morgan fingerprint density at radius 1 is 1.27 bits per heavy atom. The lowest BCUT2D eigenvalue weighted by Crippen LogP contribution is -2.25. The van der Waals surface area contributed by atoms with Gasteiger partial charge in [0.1, 0.15) is 16.4 Å². The summed E-state index contributed by atoms with van der Waals surface area (Å²) >= 11 is 1.47. The third-order valence-electron chi connectivity index (χ3n) is 4.85. The molecule has 0 saturated heterocycles. The number of amides is 1. The van der Waals surface area contributed by atoms with Crippen LogP contribution in [0.2, 0.25) is 0 Å². The first-order chi connectivity index (χ1) is 12.5. The first-order valence-corrected chi connectivity index (χ1v) is 10.1. The van der Waals surface area contributed by atoms with Gasteiger partial charge in [-0.15, -0.1) is 11.3 Å². The molecule has 1 N–H and O–H groups in total. The molecule has 0 radical (unpaired) electrons. The Morgan fingerprint density at radius 3 is 2.69 bits per heavy atom. The highest BCUT2D eigenvalue weighted by molar-refractivity contribution is 7.20. The van der Waals surface area contributed by atoms with Crippen LogP contribution in [0, 0.1) is 6.92 Å². The predicted molar refractivity (Wildman–Crippen MR) is 102 cm³/mol. The monoisotopic (exact) mass is 375 g/mol. The Kier molecular flexibility index (Phi) is 5.86. The van der Waals surface area contributed by atoms with Gasteiger partial charge in [0.25, 0.3) is 5.91 Å². The van der Waals surface area contributed by atoms with E-state index in [1.165, 1.54) is 37.5 Å². The van der Waals surface area contributed by atoms with Gasteiger partial charge in [-0.1, -0.05) is 19.3 Å². The number of aryl methyl sites for hydroxylation is 1. The topological polar surface area (TPSA) is 81.1 Å². The van der Waals surface area contributed by atoms with Gasteiger partial charge in [0.2, 0.25) is 0 Å². The summed E-state index contributed by atoms with van der Waals surface area (Å²) < 4.78 is 2.11. The smallest absolute Gasteiger partial charge is 0.261 e. The quantitative estimate of drug-likeness (QED) is 0.750. The van der Waals surface area contributed by atoms with E-state index >= 15 is 0 Å². The van der Waals surface area contributed by atoms with Crippen LogP contribution in [-0.2, 0) is 9.59 Å². The van der Waals surface area contributed by atoms with E-state index < -0.39 is 0 Å². The van der Waals surface area contributed by atoms with Gasteiger partial charge in [-0.05, 0) is 32.8 Å². The van der Waals surface area contributed by atoms with Gasteiger partial charge in [-0.3, -0.25) is 19.1 Å². The van der Waals surface area contributed by atoms with Crippen LogP contribution in [0.1, 0.15) is 73.3 Å². The van der Waals surface area contributed by atoms with E-state index in [4.69, 9.17) is 5.10 Å². The molecule has 0 atom stereocenters. The average Bonchev–Trinajstić information content (AvgIpc) is 3.16. The molecule has 2 heterocycles. The fourth-order valence-electron chi connectivity index (χ4n) is 3.53. The van der Waals surface area contributed by atoms with Crippen molar-refractivity contribution in [2.24, 2.45) is 0 Å². The van der Waals surface area contributed by atoms with Crippen molar-refractivity contribution in [2.75, 3.05) is 6.54 Å². The maximum absolute atomic E-state index is 12.4. The lowest BCUT2D eigenvalue weighted by molar-refractivity contribution is -0.125. The minimum Gasteiger partial charge on any atom is -0.351 e. The SMILES string of the molecule is CC(=O)CC(=O)CCNC(=O)c1cc2c(C)nn(C3CCCCC3)c2s1. The Balaban J connectivity index is 1.67. The minimum absolute atomic E-state index is 0.0603. The zero-order valence-electron chi connectivity index (χ0n) is 15.3. The number of nitrogens with zero attached hydrogens (tertiary/aromatic N) is 2. The molecule has 0 spiro atoms. The van der Waals surface area contributed by atoms with Crippen LogP contribution in [0.15, 0.2) is 6.07 Å². The summed E-state index contributed by atoms with van der Waals surface area (Å²) in [4.78, 5) is 36.6. The number of hydrogen-bond acceptors (Lipinski definition) is 5. The van der Waals surface area contributed by atoms with E-state index in [-0.39, 0.29) is 36.9 Å². The number of rotatable bonds is 7. The number of hydrogen-bond donors (Lipinski definition) is 1. The predicted octanol–water partition coefficient (Wildman–Crippen LogP) is 3.58. The van der Waals surface area contributed by atoms with Crippen LogP contribution in [0.25, 0.3) is 10.2 Å². The summed E-state index contributed by atoms with van der Waals surface area (Å²) in [5.74, 6) is -0.456. The number of ketones is 2. The molecule has 2 aromatic heterocycles. The third-order valence-corrected chi connectivity index (χ3v) is 5.97. The van der Waals surface area contributed by atoms with Crippen molar-refractivity contribution in [1.82, 2.24) is 15.1 Å². The molecular formula is C19H25N3O3S. The van der Waals surface area contributed by atoms with Crippen molar-refractivity contribution >= 4 is 39.0 Å². The molecule has 0 aliphatic heterocycles. The van der Waals surface area contributed by atoms with Gasteiger partial charge in [0.15, 0.2) is 0 Å². The largest absolute Gasteiger partial charge is 0.351 e. The molecule has 1 amide bonds. The second-order valence-electron chi connectivity index (χ2n) is 7.07. The highest BCUT2D eigenvalue weighted by atomic mass is 32.1. The molecule has 0 unspecified atom stereocenters. The second kappa shape index (κ2) is 8.12. The van der Waals surface area contributed by atoms with E-state index in [1.54, 1.807) is 0 Å². The van der Waals surface area contributed by atoms with Gasteiger partial charge in [0.05, 0.1) is 23.0 Å². The molecule has 26 heavy (non-hydrogen) atoms. The number of Topliss-reactive ketones (excluding diaryl/α,β-unsaturated/α-hetero) is 2. The lowest BCUT2D eigenvalue weighted by Gasteiger charge is -2.22. The summed E-state index contributed by atoms with van der Waals surface area (Å²) in [7, 11) is 0. The molecule has 1 aliphatic rings. The van der Waals surface area contributed by atoms with E-state index in [2.05, 4.69) is 10.00 Å². The number of thiophene rings is 1. The van der Waals surface area contributed by atoms with Crippen molar-refractivity contribution in [2.45, 2.75) is 64.8 Å². The van der Waals surface area contributed by atoms with Gasteiger partial charge in [-0.25, -0.2) is 0 Å². The molecule has 1 aliphatic carbocycles. The first kappa shape index (κ1) is 18.8. The Hall–Kier alpha value is -2.02. The zero-order valence-corrected chi connectivity index (χ0v) is 16.2. The summed E-state index contributed by atoms with van der Waals surface area (Å²) in [6.45, 7) is 3.63. The fraction of sp³-hybridized carbons (Fsp3) is 0.579. The highest BCUT2D eigenvalue weighted by Crippen LogP contribution is 2.35. The number of carbonyl (C=O) groups excluding carboxylic acids is 3. The standard InChI is InChI=1S/C19H25N3O3S/c1-12(23)10-15(24)8-9-20-18(25)17-11-16-13(2)21-22(19(16)26-17)14-6-4-3-5-7-14/h11,14H,3-10H2,1-2H3,(H,20,25). The molecule has 6 nitrogen and oxygen atoms in total. The second-order valence-corrected chi connectivity index (χ2v) is 8.11. The van der Waals surface area contributed by atoms with E-state index in [1.807, 2.05) is 13.0 Å². The third kappa shape index (κ3) is 4.20. The van der Waals surface area contributed by atoms with E-state index in [0.29, 0.717) is 10.9 Å². The van der Waals surface area contributed by atoms with Gasteiger partial charge < -0.3 is 5.32 Å². The van der Waals surface area contributed by atoms with Crippen molar-refractivity contribution in [3.8, 4) is 0 Å². The van der Waals surface area contributed by atoms with Crippen LogP contribution >= 0.6 is 11.3 Å². The van der Waals surface area contributed by atoms with E-state index in [0.717, 1.165) is 28.8 Å². The van der Waals surface area contributed by atoms with Gasteiger partial charge >= 0.3 is 0 Å². The fourth-order valence-corrected chi connectivity index (χ4v) is 4.68. The molecular weight excluding hydrogens is 350 g/mol. The number of carbonyl (C=O) groups is 3. The molecule has 2 aromatic rings. The normalized spacial score (nSPS) is 15.3. The summed E-state index contributed by atoms with van der Waals surface area (Å²) in [5.41, 5.74) is 0.956. The maximum Gasteiger partial charge on any atom is 0.261 e. The summed E-state index contributed by atoms with van der Waals surface area (Å²) in [6.07, 6.45) is 6.18. The number of nitrogens with one attached hydrogen (secondary N) is 1. The molecule has 0 bridgehead atoms.